The topological polar surface area (TPSA) is 61.8 Å². The van der Waals surface area contributed by atoms with E-state index in [1.165, 1.54) is 26.2 Å². The molecule has 1 aromatic carbocycles. The summed E-state index contributed by atoms with van der Waals surface area (Å²) in [6.07, 6.45) is 3.16. The smallest absolute Gasteiger partial charge is 0.221 e. The van der Waals surface area contributed by atoms with Crippen LogP contribution in [0.25, 0.3) is 0 Å². The molecule has 1 aliphatic rings. The second kappa shape index (κ2) is 8.31. The van der Waals surface area contributed by atoms with Crippen LogP contribution in [-0.2, 0) is 4.79 Å². The lowest BCUT2D eigenvalue weighted by molar-refractivity contribution is -0.114. The van der Waals surface area contributed by atoms with E-state index in [4.69, 9.17) is 4.74 Å². The van der Waals surface area contributed by atoms with Crippen molar-refractivity contribution in [2.45, 2.75) is 58.2 Å². The molecule has 1 aromatic rings. The first kappa shape index (κ1) is 17.8. The third-order valence-corrected chi connectivity index (χ3v) is 4.41. The minimum atomic E-state index is -0.506. The Bertz CT molecular complexity index is 493. The number of β-amino-alcohol motifs (C(OH)–C–C–N with tert-alkyl or cyclic N) is 1. The number of nitrogens with one attached hydrogen (secondary N) is 1. The number of aliphatic hydroxyl groups is 1. The lowest BCUT2D eigenvalue weighted by Gasteiger charge is -2.40. The molecule has 128 valence electrons. The Kier molecular flexibility index (Phi) is 6.42. The molecule has 1 fully saturated rings. The van der Waals surface area contributed by atoms with Crippen molar-refractivity contribution in [3.63, 3.8) is 0 Å². The van der Waals surface area contributed by atoms with Crippen molar-refractivity contribution >= 4 is 11.6 Å². The molecule has 1 heterocycles. The van der Waals surface area contributed by atoms with Crippen molar-refractivity contribution in [1.29, 1.82) is 0 Å². The zero-order chi connectivity index (χ0) is 16.8. The number of ether oxygens (including phenoxy) is 1. The van der Waals surface area contributed by atoms with Gasteiger partial charge in [0.25, 0.3) is 0 Å². The van der Waals surface area contributed by atoms with Crippen molar-refractivity contribution in [2.24, 2.45) is 0 Å². The standard InChI is InChI=1S/C18H28N2O3/c1-13-5-4-6-14(2)20(13)11-17(22)12-23-18-9-7-16(8-10-18)19-15(3)21/h7-10,13-14,17,22H,4-6,11-12H2,1-3H3,(H,19,21)/t13-,14-,17+/m0/s1. The number of carbonyl (C=O) groups is 1. The maximum absolute atomic E-state index is 11.0. The molecule has 1 amide bonds. The van der Waals surface area contributed by atoms with Crippen LogP contribution in [0.3, 0.4) is 0 Å². The maximum Gasteiger partial charge on any atom is 0.221 e. The second-order valence-electron chi connectivity index (χ2n) is 6.50. The average Bonchev–Trinajstić information content (AvgIpc) is 2.50. The van der Waals surface area contributed by atoms with Crippen LogP contribution in [0.15, 0.2) is 24.3 Å². The highest BCUT2D eigenvalue weighted by atomic mass is 16.5. The van der Waals surface area contributed by atoms with Gasteiger partial charge < -0.3 is 15.2 Å². The zero-order valence-corrected chi connectivity index (χ0v) is 14.3. The van der Waals surface area contributed by atoms with E-state index in [1.54, 1.807) is 24.3 Å². The molecule has 0 bridgehead atoms. The number of hydrogen-bond donors (Lipinski definition) is 2. The third-order valence-electron chi connectivity index (χ3n) is 4.41. The normalized spacial score (nSPS) is 23.3. The molecule has 0 saturated carbocycles. The van der Waals surface area contributed by atoms with E-state index in [0.29, 0.717) is 24.4 Å². The molecule has 0 unspecified atom stereocenters. The molecule has 3 atom stereocenters. The summed E-state index contributed by atoms with van der Waals surface area (Å²) in [4.78, 5) is 13.3. The van der Waals surface area contributed by atoms with Crippen LogP contribution in [-0.4, -0.2) is 47.3 Å². The Labute approximate surface area is 138 Å². The van der Waals surface area contributed by atoms with Crippen LogP contribution < -0.4 is 10.1 Å². The van der Waals surface area contributed by atoms with Crippen molar-refractivity contribution in [3.05, 3.63) is 24.3 Å². The van der Waals surface area contributed by atoms with Crippen LogP contribution in [0.2, 0.25) is 0 Å². The molecule has 23 heavy (non-hydrogen) atoms. The molecular weight excluding hydrogens is 292 g/mol. The first-order valence-electron chi connectivity index (χ1n) is 8.40. The van der Waals surface area contributed by atoms with Crippen LogP contribution in [0.5, 0.6) is 5.75 Å². The highest BCUT2D eigenvalue weighted by molar-refractivity contribution is 5.88. The van der Waals surface area contributed by atoms with Crippen molar-refractivity contribution < 1.29 is 14.6 Å². The van der Waals surface area contributed by atoms with Gasteiger partial charge in [-0.2, -0.15) is 0 Å². The monoisotopic (exact) mass is 320 g/mol. The van der Waals surface area contributed by atoms with Gasteiger partial charge in [0.05, 0.1) is 0 Å². The fraction of sp³-hybridized carbons (Fsp3) is 0.611. The number of nitrogens with zero attached hydrogens (tertiary/aromatic N) is 1. The molecule has 0 radical (unpaired) electrons. The average molecular weight is 320 g/mol. The summed E-state index contributed by atoms with van der Waals surface area (Å²) in [6.45, 7) is 6.85. The quantitative estimate of drug-likeness (QED) is 0.846. The Balaban J connectivity index is 1.79. The van der Waals surface area contributed by atoms with Crippen LogP contribution in [0.1, 0.15) is 40.0 Å². The molecule has 0 spiro atoms. The molecular formula is C18H28N2O3. The van der Waals surface area contributed by atoms with E-state index in [2.05, 4.69) is 24.1 Å². The summed E-state index contributed by atoms with van der Waals surface area (Å²) < 4.78 is 5.65. The molecule has 1 saturated heterocycles. The van der Waals surface area contributed by atoms with E-state index in [0.717, 1.165) is 5.69 Å². The molecule has 0 aromatic heterocycles. The van der Waals surface area contributed by atoms with Gasteiger partial charge in [-0.05, 0) is 51.0 Å². The van der Waals surface area contributed by atoms with E-state index >= 15 is 0 Å². The summed E-state index contributed by atoms with van der Waals surface area (Å²) in [5, 5.41) is 13.0. The number of anilines is 1. The fourth-order valence-electron chi connectivity index (χ4n) is 3.16. The largest absolute Gasteiger partial charge is 0.491 e. The van der Waals surface area contributed by atoms with E-state index in [9.17, 15) is 9.90 Å². The second-order valence-corrected chi connectivity index (χ2v) is 6.50. The SMILES string of the molecule is CC(=O)Nc1ccc(OC[C@H](O)CN2[C@@H](C)CCC[C@@H]2C)cc1. The number of aliphatic hydroxyl groups excluding tert-OH is 1. The minimum Gasteiger partial charge on any atom is -0.491 e. The summed E-state index contributed by atoms with van der Waals surface area (Å²) in [7, 11) is 0. The number of benzene rings is 1. The van der Waals surface area contributed by atoms with Crippen LogP contribution >= 0.6 is 0 Å². The van der Waals surface area contributed by atoms with Gasteiger partial charge in [0, 0.05) is 31.2 Å². The molecule has 5 nitrogen and oxygen atoms in total. The lowest BCUT2D eigenvalue weighted by atomic mass is 9.97. The predicted molar refractivity (Wildman–Crippen MR) is 91.7 cm³/mol. The van der Waals surface area contributed by atoms with Gasteiger partial charge in [-0.15, -0.1) is 0 Å². The van der Waals surface area contributed by atoms with Gasteiger partial charge >= 0.3 is 0 Å². The summed E-state index contributed by atoms with van der Waals surface area (Å²) in [6, 6.07) is 8.21. The number of hydrogen-bond acceptors (Lipinski definition) is 4. The first-order chi connectivity index (χ1) is 11.0. The van der Waals surface area contributed by atoms with Crippen molar-refractivity contribution in [3.8, 4) is 5.75 Å². The van der Waals surface area contributed by atoms with E-state index < -0.39 is 6.10 Å². The lowest BCUT2D eigenvalue weighted by Crippen LogP contribution is -2.48. The summed E-state index contributed by atoms with van der Waals surface area (Å²) >= 11 is 0. The van der Waals surface area contributed by atoms with Crippen molar-refractivity contribution in [2.75, 3.05) is 18.5 Å². The van der Waals surface area contributed by atoms with Gasteiger partial charge in [0.1, 0.15) is 18.5 Å². The summed E-state index contributed by atoms with van der Waals surface area (Å²) in [5.74, 6) is 0.594. The minimum absolute atomic E-state index is 0.0983. The Morgan fingerprint density at radius 1 is 1.30 bits per heavy atom. The highest BCUT2D eigenvalue weighted by Gasteiger charge is 2.26. The molecule has 1 aliphatic heterocycles. The maximum atomic E-state index is 11.0. The number of rotatable bonds is 6. The van der Waals surface area contributed by atoms with Gasteiger partial charge in [-0.1, -0.05) is 6.42 Å². The van der Waals surface area contributed by atoms with Crippen LogP contribution in [0.4, 0.5) is 5.69 Å². The third kappa shape index (κ3) is 5.52. The van der Waals surface area contributed by atoms with Gasteiger partial charge in [-0.3, -0.25) is 9.69 Å². The molecule has 2 rings (SSSR count). The highest BCUT2D eigenvalue weighted by Crippen LogP contribution is 2.22. The number of piperidine rings is 1. The Morgan fingerprint density at radius 3 is 2.48 bits per heavy atom. The number of carbonyl (C=O) groups excluding carboxylic acids is 1. The van der Waals surface area contributed by atoms with E-state index in [-0.39, 0.29) is 12.5 Å². The zero-order valence-electron chi connectivity index (χ0n) is 14.3. The number of likely N-dealkylation sites (tertiary alicyclic amines) is 1. The van der Waals surface area contributed by atoms with Gasteiger partial charge in [0.15, 0.2) is 0 Å². The van der Waals surface area contributed by atoms with Gasteiger partial charge in [0.2, 0.25) is 5.91 Å². The Morgan fingerprint density at radius 2 is 1.91 bits per heavy atom. The molecule has 0 aliphatic carbocycles. The molecule has 2 N–H and O–H groups in total. The predicted octanol–water partition coefficient (Wildman–Crippen LogP) is 2.65. The number of amides is 1. The van der Waals surface area contributed by atoms with Crippen molar-refractivity contribution in [1.82, 2.24) is 4.90 Å². The fourth-order valence-corrected chi connectivity index (χ4v) is 3.16. The van der Waals surface area contributed by atoms with E-state index in [1.807, 2.05) is 0 Å². The Hall–Kier alpha value is -1.59. The summed E-state index contributed by atoms with van der Waals surface area (Å²) in [5.41, 5.74) is 0.737. The van der Waals surface area contributed by atoms with Gasteiger partial charge in [-0.25, -0.2) is 0 Å². The van der Waals surface area contributed by atoms with Crippen LogP contribution in [0, 0.1) is 0 Å². The first-order valence-corrected chi connectivity index (χ1v) is 8.40. The molecule has 5 heteroatoms.